The van der Waals surface area contributed by atoms with Crippen LogP contribution in [-0.4, -0.2) is 36.1 Å². The van der Waals surface area contributed by atoms with Gasteiger partial charge in [-0.25, -0.2) is 4.98 Å². The maximum absolute atomic E-state index is 4.46. The van der Waals surface area contributed by atoms with Crippen LogP contribution in [-0.2, 0) is 0 Å². The molecule has 1 N–H and O–H groups in total. The fourth-order valence-electron chi connectivity index (χ4n) is 1.33. The molecule has 0 aromatic carbocycles. The van der Waals surface area contributed by atoms with Crippen molar-refractivity contribution in [3.8, 4) is 0 Å². The summed E-state index contributed by atoms with van der Waals surface area (Å²) in [5.74, 6) is 0. The van der Waals surface area contributed by atoms with E-state index in [0.717, 1.165) is 30.3 Å². The van der Waals surface area contributed by atoms with E-state index >= 15 is 0 Å². The molecule has 1 aromatic heterocycles. The minimum atomic E-state index is 0.629. The number of hydrogen-bond donors (Lipinski definition) is 1. The van der Waals surface area contributed by atoms with Crippen LogP contribution in [0.5, 0.6) is 0 Å². The Bertz CT molecular complexity index is 301. The number of aromatic nitrogens is 1. The molecule has 0 fully saturated rings. The first kappa shape index (κ1) is 13.5. The smallest absolute Gasteiger partial charge is 0.183 e. The summed E-state index contributed by atoms with van der Waals surface area (Å²) in [6, 6.07) is 0.629. The van der Waals surface area contributed by atoms with Gasteiger partial charge in [-0.05, 0) is 47.7 Å². The van der Waals surface area contributed by atoms with Gasteiger partial charge in [-0.1, -0.05) is 0 Å². The van der Waals surface area contributed by atoms with E-state index in [4.69, 9.17) is 0 Å². The van der Waals surface area contributed by atoms with Crippen LogP contribution in [0.25, 0.3) is 0 Å². The predicted molar refractivity (Wildman–Crippen MR) is 72.5 cm³/mol. The minimum absolute atomic E-state index is 0.629. The van der Waals surface area contributed by atoms with Gasteiger partial charge in [0, 0.05) is 17.5 Å². The summed E-state index contributed by atoms with van der Waals surface area (Å²) in [4.78, 5) is 8.12. The maximum Gasteiger partial charge on any atom is 0.183 e. The third kappa shape index (κ3) is 4.10. The molecular weight excluding hydrogens is 218 g/mol. The van der Waals surface area contributed by atoms with Crippen LogP contribution in [0.2, 0.25) is 0 Å². The van der Waals surface area contributed by atoms with Gasteiger partial charge >= 0.3 is 0 Å². The summed E-state index contributed by atoms with van der Waals surface area (Å²) in [5.41, 5.74) is 1.15. The van der Waals surface area contributed by atoms with Gasteiger partial charge in [0.05, 0.1) is 5.69 Å². The van der Waals surface area contributed by atoms with Gasteiger partial charge in [0.2, 0.25) is 0 Å². The molecule has 1 heterocycles. The number of thiazole rings is 1. The molecule has 1 rings (SSSR count). The van der Waals surface area contributed by atoms with Crippen molar-refractivity contribution in [2.75, 3.05) is 25.5 Å². The summed E-state index contributed by atoms with van der Waals surface area (Å²) in [6.07, 6.45) is 1.16. The highest BCUT2D eigenvalue weighted by atomic mass is 32.1. The zero-order valence-corrected chi connectivity index (χ0v) is 11.8. The maximum atomic E-state index is 4.46. The van der Waals surface area contributed by atoms with Gasteiger partial charge in [-0.2, -0.15) is 0 Å². The Labute approximate surface area is 103 Å². The second-order valence-electron chi connectivity index (χ2n) is 4.52. The van der Waals surface area contributed by atoms with Crippen LogP contribution >= 0.6 is 11.3 Å². The standard InChI is InChI=1S/C12H23N3S/c1-9(2)15(5)8-6-7-13-12-14-10(3)11(4)16-12/h9H,6-8H2,1-5H3,(H,13,14). The van der Waals surface area contributed by atoms with Gasteiger partial charge in [0.1, 0.15) is 0 Å². The van der Waals surface area contributed by atoms with E-state index in [9.17, 15) is 0 Å². The third-order valence-electron chi connectivity index (χ3n) is 2.87. The number of rotatable bonds is 6. The average Bonchev–Trinajstić information content (AvgIpc) is 2.53. The van der Waals surface area contributed by atoms with E-state index in [1.54, 1.807) is 11.3 Å². The lowest BCUT2D eigenvalue weighted by Gasteiger charge is -2.20. The van der Waals surface area contributed by atoms with Crippen molar-refractivity contribution in [1.29, 1.82) is 0 Å². The van der Waals surface area contributed by atoms with Crippen LogP contribution in [0.1, 0.15) is 30.8 Å². The lowest BCUT2D eigenvalue weighted by atomic mass is 10.3. The topological polar surface area (TPSA) is 28.2 Å². The molecule has 16 heavy (non-hydrogen) atoms. The molecule has 0 amide bonds. The summed E-state index contributed by atoms with van der Waals surface area (Å²) >= 11 is 1.74. The highest BCUT2D eigenvalue weighted by Gasteiger charge is 2.04. The summed E-state index contributed by atoms with van der Waals surface area (Å²) in [7, 11) is 2.17. The number of aryl methyl sites for hydroxylation is 2. The van der Waals surface area contributed by atoms with Crippen molar-refractivity contribution >= 4 is 16.5 Å². The van der Waals surface area contributed by atoms with Crippen molar-refractivity contribution in [1.82, 2.24) is 9.88 Å². The minimum Gasteiger partial charge on any atom is -0.361 e. The molecule has 0 unspecified atom stereocenters. The van der Waals surface area contributed by atoms with Crippen molar-refractivity contribution in [3.05, 3.63) is 10.6 Å². The largest absolute Gasteiger partial charge is 0.361 e. The molecule has 92 valence electrons. The highest BCUT2D eigenvalue weighted by Crippen LogP contribution is 2.20. The van der Waals surface area contributed by atoms with Crippen LogP contribution in [0.4, 0.5) is 5.13 Å². The second-order valence-corrected chi connectivity index (χ2v) is 5.72. The van der Waals surface area contributed by atoms with Crippen LogP contribution in [0.3, 0.4) is 0 Å². The summed E-state index contributed by atoms with van der Waals surface area (Å²) < 4.78 is 0. The van der Waals surface area contributed by atoms with E-state index in [-0.39, 0.29) is 0 Å². The third-order valence-corrected chi connectivity index (χ3v) is 3.90. The number of anilines is 1. The first-order valence-corrected chi connectivity index (χ1v) is 6.70. The molecule has 4 heteroatoms. The quantitative estimate of drug-likeness (QED) is 0.776. The number of nitrogens with zero attached hydrogens (tertiary/aromatic N) is 2. The number of hydrogen-bond acceptors (Lipinski definition) is 4. The Morgan fingerprint density at radius 3 is 2.56 bits per heavy atom. The Kier molecular flexibility index (Phi) is 5.22. The fraction of sp³-hybridized carbons (Fsp3) is 0.750. The summed E-state index contributed by atoms with van der Waals surface area (Å²) in [5, 5.41) is 4.44. The van der Waals surface area contributed by atoms with Gasteiger partial charge in [-0.3, -0.25) is 0 Å². The Balaban J connectivity index is 2.21. The molecule has 0 spiro atoms. The van der Waals surface area contributed by atoms with Crippen molar-refractivity contribution in [2.45, 2.75) is 40.2 Å². The first-order chi connectivity index (χ1) is 7.50. The molecule has 0 bridgehead atoms. The Morgan fingerprint density at radius 2 is 2.06 bits per heavy atom. The molecule has 0 aliphatic rings. The van der Waals surface area contributed by atoms with E-state index in [0.29, 0.717) is 6.04 Å². The monoisotopic (exact) mass is 241 g/mol. The first-order valence-electron chi connectivity index (χ1n) is 5.89. The normalized spacial score (nSPS) is 11.4. The predicted octanol–water partition coefficient (Wildman–Crippen LogP) is 2.90. The van der Waals surface area contributed by atoms with E-state index < -0.39 is 0 Å². The number of nitrogens with one attached hydrogen (secondary N) is 1. The SMILES string of the molecule is Cc1nc(NCCCN(C)C(C)C)sc1C. The van der Waals surface area contributed by atoms with Crippen LogP contribution in [0, 0.1) is 13.8 Å². The fourth-order valence-corrected chi connectivity index (χ4v) is 2.17. The zero-order valence-electron chi connectivity index (χ0n) is 11.0. The second kappa shape index (κ2) is 6.21. The molecule has 0 aliphatic carbocycles. The summed E-state index contributed by atoms with van der Waals surface area (Å²) in [6.45, 7) is 10.8. The Morgan fingerprint density at radius 1 is 1.38 bits per heavy atom. The zero-order chi connectivity index (χ0) is 12.1. The molecule has 3 nitrogen and oxygen atoms in total. The van der Waals surface area contributed by atoms with Crippen molar-refractivity contribution in [2.24, 2.45) is 0 Å². The van der Waals surface area contributed by atoms with Crippen molar-refractivity contribution < 1.29 is 0 Å². The van der Waals surface area contributed by atoms with Crippen LogP contribution in [0.15, 0.2) is 0 Å². The molecule has 0 saturated heterocycles. The highest BCUT2D eigenvalue weighted by molar-refractivity contribution is 7.15. The molecule has 0 atom stereocenters. The van der Waals surface area contributed by atoms with E-state index in [1.165, 1.54) is 4.88 Å². The molecule has 0 radical (unpaired) electrons. The van der Waals surface area contributed by atoms with Gasteiger partial charge in [0.25, 0.3) is 0 Å². The van der Waals surface area contributed by atoms with Gasteiger partial charge < -0.3 is 10.2 Å². The van der Waals surface area contributed by atoms with Gasteiger partial charge in [0.15, 0.2) is 5.13 Å². The van der Waals surface area contributed by atoms with E-state index in [1.807, 2.05) is 0 Å². The van der Waals surface area contributed by atoms with Gasteiger partial charge in [-0.15, -0.1) is 11.3 Å². The molecule has 0 aliphatic heterocycles. The van der Waals surface area contributed by atoms with Crippen molar-refractivity contribution in [3.63, 3.8) is 0 Å². The van der Waals surface area contributed by atoms with E-state index in [2.05, 4.69) is 49.9 Å². The lowest BCUT2D eigenvalue weighted by molar-refractivity contribution is 0.273. The lowest BCUT2D eigenvalue weighted by Crippen LogP contribution is -2.28. The van der Waals surface area contributed by atoms with Crippen LogP contribution < -0.4 is 5.32 Å². The molecule has 0 saturated carbocycles. The molecule has 1 aromatic rings. The Hall–Kier alpha value is -0.610. The molecular formula is C12H23N3S. The average molecular weight is 241 g/mol.